The largest absolute Gasteiger partial charge is 0.447 e. The van der Waals surface area contributed by atoms with Crippen LogP contribution in [0, 0.1) is 13.8 Å². The Morgan fingerprint density at radius 3 is 2.86 bits per heavy atom. The zero-order chi connectivity index (χ0) is 19.5. The molecule has 1 aromatic carbocycles. The van der Waals surface area contributed by atoms with Gasteiger partial charge in [-0.2, -0.15) is 0 Å². The number of carbonyl (C=O) groups excluding carboxylic acids is 1. The number of ether oxygens (including phenoxy) is 1. The number of aromatic nitrogens is 1. The molecular weight excluding hydrogens is 354 g/mol. The van der Waals surface area contributed by atoms with Crippen molar-refractivity contribution in [2.24, 2.45) is 0 Å². The molecule has 0 radical (unpaired) electrons. The lowest BCUT2D eigenvalue weighted by Gasteiger charge is -2.21. The van der Waals surface area contributed by atoms with Crippen molar-refractivity contribution in [3.8, 4) is 0 Å². The number of amides is 1. The van der Waals surface area contributed by atoms with Gasteiger partial charge in [-0.05, 0) is 50.7 Å². The molecule has 1 aliphatic carbocycles. The van der Waals surface area contributed by atoms with E-state index in [-0.39, 0.29) is 12.0 Å². The van der Waals surface area contributed by atoms with Gasteiger partial charge in [-0.3, -0.25) is 9.69 Å². The van der Waals surface area contributed by atoms with Gasteiger partial charge >= 0.3 is 0 Å². The smallest absolute Gasteiger partial charge is 0.273 e. The summed E-state index contributed by atoms with van der Waals surface area (Å²) in [5, 5.41) is 2.90. The van der Waals surface area contributed by atoms with E-state index in [1.807, 2.05) is 0 Å². The quantitative estimate of drug-likeness (QED) is 0.757. The Balaban J connectivity index is 1.36. The van der Waals surface area contributed by atoms with Gasteiger partial charge in [0.1, 0.15) is 6.26 Å². The van der Waals surface area contributed by atoms with Gasteiger partial charge in [0.05, 0.1) is 12.6 Å². The number of oxazole rings is 1. The summed E-state index contributed by atoms with van der Waals surface area (Å²) in [5.74, 6) is 0.400. The molecule has 6 heteroatoms. The highest BCUT2D eigenvalue weighted by Crippen LogP contribution is 2.30. The summed E-state index contributed by atoms with van der Waals surface area (Å²) in [6.07, 6.45) is 6.06. The molecule has 1 N–H and O–H groups in total. The van der Waals surface area contributed by atoms with E-state index in [2.05, 4.69) is 47.2 Å². The summed E-state index contributed by atoms with van der Waals surface area (Å²) in [7, 11) is 0. The highest BCUT2D eigenvalue weighted by Gasteiger charge is 2.30. The third kappa shape index (κ3) is 4.80. The molecule has 1 aromatic heterocycles. The highest BCUT2D eigenvalue weighted by atomic mass is 16.5. The lowest BCUT2D eigenvalue weighted by Crippen LogP contribution is -2.32. The Morgan fingerprint density at radius 2 is 2.11 bits per heavy atom. The summed E-state index contributed by atoms with van der Waals surface area (Å²) in [5.41, 5.74) is 4.26. The standard InChI is InChI=1S/C22H29N3O3/c1-15-5-6-16(2)17(10-15)12-25(18-7-8-18)13-21-24-20(14-28-21)22(26)23-11-19-4-3-9-27-19/h5-6,10,14,18-19H,3-4,7-9,11-13H2,1-2H3,(H,23,26). The molecule has 2 heterocycles. The Bertz CT molecular complexity index is 822. The molecule has 1 unspecified atom stereocenters. The van der Waals surface area contributed by atoms with Crippen molar-refractivity contribution >= 4 is 5.91 Å². The topological polar surface area (TPSA) is 67.6 Å². The van der Waals surface area contributed by atoms with E-state index in [4.69, 9.17) is 9.15 Å². The van der Waals surface area contributed by atoms with Crippen LogP contribution in [0.2, 0.25) is 0 Å². The van der Waals surface area contributed by atoms with E-state index in [0.29, 0.717) is 30.7 Å². The molecule has 0 bridgehead atoms. The average Bonchev–Trinajstić information content (AvgIpc) is 3.20. The van der Waals surface area contributed by atoms with Crippen molar-refractivity contribution < 1.29 is 13.9 Å². The number of hydrogen-bond acceptors (Lipinski definition) is 5. The zero-order valence-electron chi connectivity index (χ0n) is 16.7. The molecule has 0 spiro atoms. The van der Waals surface area contributed by atoms with Gasteiger partial charge in [0.2, 0.25) is 5.89 Å². The van der Waals surface area contributed by atoms with Crippen LogP contribution >= 0.6 is 0 Å². The molecule has 1 saturated carbocycles. The van der Waals surface area contributed by atoms with Crippen LogP contribution in [0.5, 0.6) is 0 Å². The van der Waals surface area contributed by atoms with Crippen LogP contribution < -0.4 is 5.32 Å². The molecule has 4 rings (SSSR count). The van der Waals surface area contributed by atoms with Gasteiger partial charge in [0, 0.05) is 25.7 Å². The van der Waals surface area contributed by atoms with Gasteiger partial charge in [-0.25, -0.2) is 4.98 Å². The maximum Gasteiger partial charge on any atom is 0.273 e. The number of nitrogens with one attached hydrogen (secondary N) is 1. The minimum Gasteiger partial charge on any atom is -0.447 e. The first-order valence-electron chi connectivity index (χ1n) is 10.2. The van der Waals surface area contributed by atoms with E-state index in [0.717, 1.165) is 26.0 Å². The van der Waals surface area contributed by atoms with Crippen molar-refractivity contribution in [1.82, 2.24) is 15.2 Å². The monoisotopic (exact) mass is 383 g/mol. The van der Waals surface area contributed by atoms with Gasteiger partial charge in [0.15, 0.2) is 5.69 Å². The second-order valence-electron chi connectivity index (χ2n) is 8.04. The molecule has 28 heavy (non-hydrogen) atoms. The molecule has 2 aliphatic rings. The Labute approximate surface area is 166 Å². The highest BCUT2D eigenvalue weighted by molar-refractivity contribution is 5.91. The molecule has 1 saturated heterocycles. The third-order valence-corrected chi connectivity index (χ3v) is 5.58. The van der Waals surface area contributed by atoms with Crippen LogP contribution in [0.1, 0.15) is 58.8 Å². The van der Waals surface area contributed by atoms with Crippen molar-refractivity contribution in [3.63, 3.8) is 0 Å². The first-order chi connectivity index (χ1) is 13.6. The molecule has 1 atom stereocenters. The molecule has 1 amide bonds. The molecule has 6 nitrogen and oxygen atoms in total. The van der Waals surface area contributed by atoms with Crippen molar-refractivity contribution in [2.45, 2.75) is 64.8 Å². The van der Waals surface area contributed by atoms with E-state index in [1.54, 1.807) is 0 Å². The fourth-order valence-electron chi connectivity index (χ4n) is 3.71. The van der Waals surface area contributed by atoms with E-state index < -0.39 is 0 Å². The number of aryl methyl sites for hydroxylation is 2. The second kappa shape index (κ2) is 8.45. The van der Waals surface area contributed by atoms with Crippen LogP contribution in [0.25, 0.3) is 0 Å². The fourth-order valence-corrected chi connectivity index (χ4v) is 3.71. The van der Waals surface area contributed by atoms with Crippen molar-refractivity contribution in [3.05, 3.63) is 52.7 Å². The summed E-state index contributed by atoms with van der Waals surface area (Å²) >= 11 is 0. The minimum absolute atomic E-state index is 0.123. The minimum atomic E-state index is -0.196. The molecule has 2 fully saturated rings. The van der Waals surface area contributed by atoms with E-state index in [1.165, 1.54) is 35.8 Å². The van der Waals surface area contributed by atoms with Gasteiger partial charge in [-0.15, -0.1) is 0 Å². The predicted octanol–water partition coefficient (Wildman–Crippen LogP) is 3.36. The van der Waals surface area contributed by atoms with Crippen LogP contribution in [-0.2, 0) is 17.8 Å². The summed E-state index contributed by atoms with van der Waals surface area (Å²) in [6, 6.07) is 7.15. The number of carbonyl (C=O) groups is 1. The molecule has 2 aromatic rings. The lowest BCUT2D eigenvalue weighted by atomic mass is 10.1. The second-order valence-corrected chi connectivity index (χ2v) is 8.04. The lowest BCUT2D eigenvalue weighted by molar-refractivity contribution is 0.0853. The zero-order valence-corrected chi connectivity index (χ0v) is 16.7. The summed E-state index contributed by atoms with van der Waals surface area (Å²) < 4.78 is 11.2. The van der Waals surface area contributed by atoms with E-state index in [9.17, 15) is 4.79 Å². The molecular formula is C22H29N3O3. The maximum absolute atomic E-state index is 12.3. The predicted molar refractivity (Wildman–Crippen MR) is 106 cm³/mol. The summed E-state index contributed by atoms with van der Waals surface area (Å²) in [4.78, 5) is 19.1. The Morgan fingerprint density at radius 1 is 1.25 bits per heavy atom. The first-order valence-corrected chi connectivity index (χ1v) is 10.2. The van der Waals surface area contributed by atoms with Gasteiger partial charge in [0.25, 0.3) is 5.91 Å². The SMILES string of the molecule is Cc1ccc(C)c(CN(Cc2nc(C(=O)NCC3CCCO3)co2)C2CC2)c1. The van der Waals surface area contributed by atoms with Crippen LogP contribution in [0.3, 0.4) is 0 Å². The van der Waals surface area contributed by atoms with Crippen molar-refractivity contribution in [1.29, 1.82) is 0 Å². The fraction of sp³-hybridized carbons (Fsp3) is 0.545. The number of benzene rings is 1. The normalized spacial score (nSPS) is 19.3. The first kappa shape index (κ1) is 19.2. The van der Waals surface area contributed by atoms with Gasteiger partial charge < -0.3 is 14.5 Å². The Kier molecular flexibility index (Phi) is 5.78. The number of hydrogen-bond donors (Lipinski definition) is 1. The third-order valence-electron chi connectivity index (χ3n) is 5.58. The molecule has 150 valence electrons. The van der Waals surface area contributed by atoms with Crippen LogP contribution in [0.15, 0.2) is 28.9 Å². The van der Waals surface area contributed by atoms with E-state index >= 15 is 0 Å². The van der Waals surface area contributed by atoms with Gasteiger partial charge in [-0.1, -0.05) is 23.8 Å². The average molecular weight is 383 g/mol. The maximum atomic E-state index is 12.3. The molecule has 1 aliphatic heterocycles. The van der Waals surface area contributed by atoms with Crippen molar-refractivity contribution in [2.75, 3.05) is 13.2 Å². The number of rotatable bonds is 8. The number of nitrogens with zero attached hydrogens (tertiary/aromatic N) is 2. The Hall–Kier alpha value is -2.18. The summed E-state index contributed by atoms with van der Waals surface area (Å²) in [6.45, 7) is 7.09. The van der Waals surface area contributed by atoms with Crippen LogP contribution in [0.4, 0.5) is 0 Å². The van der Waals surface area contributed by atoms with Crippen LogP contribution in [-0.4, -0.2) is 41.1 Å².